The maximum absolute atomic E-state index is 12.4. The number of methoxy groups -OCH3 is 1. The van der Waals surface area contributed by atoms with Crippen molar-refractivity contribution in [1.82, 2.24) is 5.32 Å². The summed E-state index contributed by atoms with van der Waals surface area (Å²) >= 11 is 5.46. The third kappa shape index (κ3) is 7.56. The topological polar surface area (TPSA) is 97.7 Å². The van der Waals surface area contributed by atoms with E-state index in [4.69, 9.17) is 14.2 Å². The lowest BCUT2D eigenvalue weighted by molar-refractivity contribution is -0.145. The van der Waals surface area contributed by atoms with E-state index in [-0.39, 0.29) is 25.3 Å². The van der Waals surface area contributed by atoms with E-state index in [1.807, 2.05) is 18.2 Å². The van der Waals surface area contributed by atoms with E-state index in [1.165, 1.54) is 6.08 Å². The monoisotopic (exact) mass is 598 g/mol. The Hall–Kier alpha value is -2.58. The first-order valence-electron chi connectivity index (χ1n) is 9.18. The highest BCUT2D eigenvalue weighted by Gasteiger charge is 2.13. The fourth-order valence-corrected chi connectivity index (χ4v) is 4.24. The Bertz CT molecular complexity index is 993. The summed E-state index contributed by atoms with van der Waals surface area (Å²) in [5.41, 5.74) is 1.49. The molecule has 7 nitrogen and oxygen atoms in total. The molecule has 0 bridgehead atoms. The van der Waals surface area contributed by atoms with Crippen LogP contribution in [0, 0.1) is 14.9 Å². The summed E-state index contributed by atoms with van der Waals surface area (Å²) in [4.78, 5) is 23.9. The summed E-state index contributed by atoms with van der Waals surface area (Å²) in [7, 11) is 1.58. The Kier molecular flexibility index (Phi) is 9.81. The van der Waals surface area contributed by atoms with Crippen LogP contribution in [0.5, 0.6) is 11.5 Å². The summed E-state index contributed by atoms with van der Waals surface area (Å²) in [6, 6.07) is 12.7. The summed E-state index contributed by atoms with van der Waals surface area (Å²) in [6.07, 6.45) is 1.49. The zero-order valence-corrected chi connectivity index (χ0v) is 20.7. The Morgan fingerprint density at radius 1 is 1.26 bits per heavy atom. The molecule has 162 valence electrons. The molecule has 1 amide bonds. The number of nitrogens with one attached hydrogen (secondary N) is 1. The Labute approximate surface area is 202 Å². The molecule has 0 aliphatic heterocycles. The molecule has 0 saturated carbocycles. The maximum atomic E-state index is 12.4. The molecule has 2 rings (SSSR count). The van der Waals surface area contributed by atoms with Crippen LogP contribution in [0.1, 0.15) is 18.1 Å². The molecule has 2 aromatic rings. The lowest BCUT2D eigenvalue weighted by Crippen LogP contribution is -2.23. The lowest BCUT2D eigenvalue weighted by atomic mass is 10.1. The Balaban J connectivity index is 2.09. The van der Waals surface area contributed by atoms with Gasteiger partial charge in [0.2, 0.25) is 0 Å². The van der Waals surface area contributed by atoms with Crippen LogP contribution >= 0.6 is 38.5 Å². The predicted molar refractivity (Wildman–Crippen MR) is 127 cm³/mol. The highest BCUT2D eigenvalue weighted by Crippen LogP contribution is 2.32. The van der Waals surface area contributed by atoms with Crippen molar-refractivity contribution >= 4 is 56.5 Å². The average Bonchev–Trinajstić information content (AvgIpc) is 2.75. The van der Waals surface area contributed by atoms with Crippen LogP contribution in [0.2, 0.25) is 0 Å². The van der Waals surface area contributed by atoms with Gasteiger partial charge in [0, 0.05) is 6.54 Å². The van der Waals surface area contributed by atoms with Gasteiger partial charge in [-0.15, -0.1) is 0 Å². The molecule has 0 unspecified atom stereocenters. The van der Waals surface area contributed by atoms with Gasteiger partial charge in [-0.2, -0.15) is 5.26 Å². The van der Waals surface area contributed by atoms with Crippen molar-refractivity contribution in [2.24, 2.45) is 0 Å². The molecule has 0 saturated heterocycles. The van der Waals surface area contributed by atoms with Crippen LogP contribution in [0.3, 0.4) is 0 Å². The fourth-order valence-electron chi connectivity index (χ4n) is 2.47. The SMILES string of the molecule is CCOC(=O)COc1c(Br)cc(/C=C(/C#N)C(=O)NCc2ccc(OC)cc2)cc1I. The van der Waals surface area contributed by atoms with Crippen molar-refractivity contribution in [2.75, 3.05) is 20.3 Å². The van der Waals surface area contributed by atoms with Crippen molar-refractivity contribution < 1.29 is 23.8 Å². The van der Waals surface area contributed by atoms with Gasteiger partial charge in [-0.1, -0.05) is 12.1 Å². The molecule has 0 atom stereocenters. The van der Waals surface area contributed by atoms with Gasteiger partial charge in [-0.05, 0) is 86.9 Å². The number of rotatable bonds is 9. The molecule has 9 heteroatoms. The van der Waals surface area contributed by atoms with Crippen molar-refractivity contribution in [1.29, 1.82) is 5.26 Å². The minimum absolute atomic E-state index is 0.0311. The number of halogens is 2. The van der Waals surface area contributed by atoms with Gasteiger partial charge in [0.25, 0.3) is 5.91 Å². The largest absolute Gasteiger partial charge is 0.497 e. The molecule has 0 heterocycles. The van der Waals surface area contributed by atoms with Gasteiger partial charge in [-0.3, -0.25) is 4.79 Å². The van der Waals surface area contributed by atoms with Crippen LogP contribution in [0.15, 0.2) is 46.4 Å². The Morgan fingerprint density at radius 2 is 1.97 bits per heavy atom. The van der Waals surface area contributed by atoms with Gasteiger partial charge in [0.1, 0.15) is 23.1 Å². The zero-order chi connectivity index (χ0) is 22.8. The third-order valence-corrected chi connectivity index (χ3v) is 5.34. The smallest absolute Gasteiger partial charge is 0.344 e. The number of esters is 1. The van der Waals surface area contributed by atoms with Gasteiger partial charge in [0.15, 0.2) is 6.61 Å². The normalized spacial score (nSPS) is 10.7. The van der Waals surface area contributed by atoms with E-state index >= 15 is 0 Å². The summed E-state index contributed by atoms with van der Waals surface area (Å²) in [5.74, 6) is 0.261. The van der Waals surface area contributed by atoms with Crippen LogP contribution in [0.4, 0.5) is 0 Å². The van der Waals surface area contributed by atoms with Gasteiger partial charge in [-0.25, -0.2) is 4.79 Å². The molecule has 31 heavy (non-hydrogen) atoms. The first-order valence-corrected chi connectivity index (χ1v) is 11.1. The van der Waals surface area contributed by atoms with Gasteiger partial charge in [0.05, 0.1) is 21.8 Å². The number of nitrogens with zero attached hydrogens (tertiary/aromatic N) is 1. The highest BCUT2D eigenvalue weighted by molar-refractivity contribution is 14.1. The quantitative estimate of drug-likeness (QED) is 0.201. The van der Waals surface area contributed by atoms with Gasteiger partial charge < -0.3 is 19.5 Å². The molecule has 0 aliphatic rings. The van der Waals surface area contributed by atoms with E-state index in [0.717, 1.165) is 11.3 Å². The molecule has 0 radical (unpaired) electrons. The maximum Gasteiger partial charge on any atom is 0.344 e. The number of nitriles is 1. The summed E-state index contributed by atoms with van der Waals surface area (Å²) in [6.45, 7) is 2.07. The second-order valence-corrected chi connectivity index (χ2v) is 8.12. The number of carbonyl (C=O) groups excluding carboxylic acids is 2. The molecule has 0 aromatic heterocycles. The summed E-state index contributed by atoms with van der Waals surface area (Å²) in [5, 5.41) is 12.2. The van der Waals surface area contributed by atoms with Crippen molar-refractivity contribution in [3.05, 3.63) is 61.1 Å². The number of hydrogen-bond acceptors (Lipinski definition) is 6. The van der Waals surface area contributed by atoms with Crippen LogP contribution in [-0.4, -0.2) is 32.2 Å². The Morgan fingerprint density at radius 3 is 2.55 bits per heavy atom. The van der Waals surface area contributed by atoms with Crippen LogP contribution in [0.25, 0.3) is 6.08 Å². The first kappa shape index (κ1) is 24.7. The fraction of sp³-hybridized carbons (Fsp3) is 0.227. The molecule has 0 spiro atoms. The number of benzene rings is 2. The van der Waals surface area contributed by atoms with E-state index in [1.54, 1.807) is 38.3 Å². The zero-order valence-electron chi connectivity index (χ0n) is 16.9. The molecular weight excluding hydrogens is 579 g/mol. The summed E-state index contributed by atoms with van der Waals surface area (Å²) < 4.78 is 16.8. The lowest BCUT2D eigenvalue weighted by Gasteiger charge is -2.11. The molecule has 0 fully saturated rings. The van der Waals surface area contributed by atoms with Crippen molar-refractivity contribution in [3.8, 4) is 17.6 Å². The van der Waals surface area contributed by atoms with E-state index in [9.17, 15) is 14.9 Å². The van der Waals surface area contributed by atoms with Crippen molar-refractivity contribution in [2.45, 2.75) is 13.5 Å². The van der Waals surface area contributed by atoms with Gasteiger partial charge >= 0.3 is 5.97 Å². The number of carbonyl (C=O) groups is 2. The first-order chi connectivity index (χ1) is 14.9. The van der Waals surface area contributed by atoms with E-state index in [2.05, 4.69) is 43.8 Å². The second-order valence-electron chi connectivity index (χ2n) is 6.11. The van der Waals surface area contributed by atoms with Crippen LogP contribution < -0.4 is 14.8 Å². The number of ether oxygens (including phenoxy) is 3. The number of amides is 1. The molecule has 1 N–H and O–H groups in total. The van der Waals surface area contributed by atoms with Crippen molar-refractivity contribution in [3.63, 3.8) is 0 Å². The average molecular weight is 599 g/mol. The number of hydrogen-bond donors (Lipinski definition) is 1. The standard InChI is InChI=1S/C22H20BrIN2O5/c1-3-30-20(27)13-31-21-18(23)9-15(10-19(21)24)8-16(11-25)22(28)26-12-14-4-6-17(29-2)7-5-14/h4-10H,3,12-13H2,1-2H3,(H,26,28)/b16-8-. The highest BCUT2D eigenvalue weighted by atomic mass is 127. The minimum Gasteiger partial charge on any atom is -0.497 e. The molecule has 0 aliphatic carbocycles. The second kappa shape index (κ2) is 12.3. The molecular formula is C22H20BrIN2O5. The minimum atomic E-state index is -0.480. The van der Waals surface area contributed by atoms with Crippen LogP contribution in [-0.2, 0) is 20.9 Å². The predicted octanol–water partition coefficient (Wildman–Crippen LogP) is 4.23. The third-order valence-electron chi connectivity index (χ3n) is 3.95. The van der Waals surface area contributed by atoms with E-state index < -0.39 is 11.9 Å². The van der Waals surface area contributed by atoms with E-state index in [0.29, 0.717) is 19.4 Å². The molecule has 2 aromatic carbocycles.